The Hall–Kier alpha value is -1.14. The van der Waals surface area contributed by atoms with Gasteiger partial charge >= 0.3 is 5.97 Å². The average molecular weight is 273 g/mol. The molecule has 1 aliphatic rings. The van der Waals surface area contributed by atoms with E-state index >= 15 is 0 Å². The quantitative estimate of drug-likeness (QED) is 0.414. The van der Waals surface area contributed by atoms with Crippen LogP contribution in [0.4, 0.5) is 0 Å². The number of quaternary nitrogens is 1. The number of carbonyl (C=O) groups is 2. The van der Waals surface area contributed by atoms with Gasteiger partial charge in [0.2, 0.25) is 0 Å². The van der Waals surface area contributed by atoms with Crippen LogP contribution in [-0.2, 0) is 19.1 Å². The van der Waals surface area contributed by atoms with E-state index in [2.05, 4.69) is 6.92 Å². The zero-order valence-electron chi connectivity index (χ0n) is 11.5. The van der Waals surface area contributed by atoms with Gasteiger partial charge in [-0.25, -0.2) is 4.79 Å². The Labute approximate surface area is 113 Å². The van der Waals surface area contributed by atoms with E-state index in [1.807, 2.05) is 0 Å². The molecule has 0 amide bonds. The molecule has 19 heavy (non-hydrogen) atoms. The predicted octanol–water partition coefficient (Wildman–Crippen LogP) is -1.86. The van der Waals surface area contributed by atoms with Crippen LogP contribution in [-0.4, -0.2) is 50.9 Å². The van der Waals surface area contributed by atoms with E-state index in [1.54, 1.807) is 0 Å². The third kappa shape index (κ3) is 6.02. The molecule has 110 valence electrons. The molecule has 6 nitrogen and oxygen atoms in total. The molecule has 1 N–H and O–H groups in total. The predicted molar refractivity (Wildman–Crippen MR) is 65.4 cm³/mol. The Morgan fingerprint density at radius 3 is 2.58 bits per heavy atom. The number of rotatable bonds is 8. The zero-order chi connectivity index (χ0) is 14.1. The minimum atomic E-state index is -1.21. The first kappa shape index (κ1) is 15.9. The molecule has 0 aromatic heterocycles. The molecular formula is C13H23NO5. The molecule has 0 saturated carbocycles. The number of carbonyl (C=O) groups excluding carboxylic acids is 2. The largest absolute Gasteiger partial charge is 0.550 e. The molecule has 0 radical (unpaired) electrons. The van der Waals surface area contributed by atoms with Crippen molar-refractivity contribution in [3.05, 3.63) is 0 Å². The van der Waals surface area contributed by atoms with Gasteiger partial charge in [0.15, 0.2) is 6.04 Å². The van der Waals surface area contributed by atoms with Crippen LogP contribution in [0.15, 0.2) is 0 Å². The molecule has 1 fully saturated rings. The molecule has 1 aliphatic heterocycles. The SMILES string of the molecule is CCCCCOC(=O)[C@H](CC(=O)[O-])[NH+]1CCOCC1. The number of carboxylic acid groups (broad SMARTS) is 1. The maximum Gasteiger partial charge on any atom is 0.365 e. The standard InChI is InChI=1S/C13H23NO5/c1-2-3-4-7-19-13(17)11(10-12(15)16)14-5-8-18-9-6-14/h11H,2-10H2,1H3,(H,15,16)/t11-/m0/s1. The van der Waals surface area contributed by atoms with Crippen molar-refractivity contribution in [1.82, 2.24) is 0 Å². The minimum absolute atomic E-state index is 0.290. The summed E-state index contributed by atoms with van der Waals surface area (Å²) in [6.07, 6.45) is 2.58. The molecule has 0 aliphatic carbocycles. The van der Waals surface area contributed by atoms with Crippen LogP contribution < -0.4 is 10.0 Å². The summed E-state index contributed by atoms with van der Waals surface area (Å²) in [6.45, 7) is 4.77. The molecular weight excluding hydrogens is 250 g/mol. The lowest BCUT2D eigenvalue weighted by Crippen LogP contribution is -3.18. The number of ether oxygens (including phenoxy) is 2. The van der Waals surface area contributed by atoms with E-state index in [0.717, 1.165) is 24.2 Å². The number of hydrogen-bond donors (Lipinski definition) is 1. The Kier molecular flexibility index (Phi) is 7.43. The van der Waals surface area contributed by atoms with Gasteiger partial charge in [-0.2, -0.15) is 0 Å². The summed E-state index contributed by atoms with van der Waals surface area (Å²) in [7, 11) is 0. The van der Waals surface area contributed by atoms with Crippen molar-refractivity contribution in [1.29, 1.82) is 0 Å². The lowest BCUT2D eigenvalue weighted by atomic mass is 10.1. The maximum absolute atomic E-state index is 12.0. The van der Waals surface area contributed by atoms with Gasteiger partial charge < -0.3 is 24.3 Å². The fraction of sp³-hybridized carbons (Fsp3) is 0.846. The molecule has 0 bridgehead atoms. The second-order valence-corrected chi connectivity index (χ2v) is 4.77. The third-order valence-corrected chi connectivity index (χ3v) is 3.28. The number of unbranched alkanes of at least 4 members (excludes halogenated alkanes) is 2. The fourth-order valence-electron chi connectivity index (χ4n) is 2.17. The van der Waals surface area contributed by atoms with Crippen LogP contribution in [0, 0.1) is 0 Å². The van der Waals surface area contributed by atoms with Crippen molar-refractivity contribution in [2.24, 2.45) is 0 Å². The summed E-state index contributed by atoms with van der Waals surface area (Å²) >= 11 is 0. The number of nitrogens with one attached hydrogen (secondary N) is 1. The second kappa shape index (κ2) is 8.87. The first-order valence-electron chi connectivity index (χ1n) is 6.94. The average Bonchev–Trinajstić information content (AvgIpc) is 2.41. The maximum atomic E-state index is 12.0. The van der Waals surface area contributed by atoms with E-state index in [0.29, 0.717) is 32.9 Å². The van der Waals surface area contributed by atoms with Crippen molar-refractivity contribution in [2.45, 2.75) is 38.6 Å². The van der Waals surface area contributed by atoms with Crippen LogP contribution >= 0.6 is 0 Å². The van der Waals surface area contributed by atoms with Crippen molar-refractivity contribution in [3.63, 3.8) is 0 Å². The summed E-state index contributed by atoms with van der Waals surface area (Å²) in [6, 6.07) is -0.671. The topological polar surface area (TPSA) is 80.1 Å². The lowest BCUT2D eigenvalue weighted by molar-refractivity contribution is -0.924. The first-order chi connectivity index (χ1) is 9.15. The summed E-state index contributed by atoms with van der Waals surface area (Å²) in [5.74, 6) is -1.65. The Morgan fingerprint density at radius 2 is 2.00 bits per heavy atom. The number of carboxylic acids is 1. The van der Waals surface area contributed by atoms with E-state index in [-0.39, 0.29) is 6.42 Å². The summed E-state index contributed by atoms with van der Waals surface area (Å²) in [4.78, 5) is 23.6. The minimum Gasteiger partial charge on any atom is -0.550 e. The summed E-state index contributed by atoms with van der Waals surface area (Å²) in [5.41, 5.74) is 0. The van der Waals surface area contributed by atoms with Crippen LogP contribution in [0.25, 0.3) is 0 Å². The normalized spacial score (nSPS) is 17.9. The van der Waals surface area contributed by atoms with E-state index in [1.165, 1.54) is 0 Å². The number of hydrogen-bond acceptors (Lipinski definition) is 5. The van der Waals surface area contributed by atoms with Gasteiger partial charge in [-0.05, 0) is 6.42 Å². The van der Waals surface area contributed by atoms with E-state index < -0.39 is 18.0 Å². The van der Waals surface area contributed by atoms with Crippen molar-refractivity contribution < 1.29 is 29.1 Å². The first-order valence-corrected chi connectivity index (χ1v) is 6.94. The van der Waals surface area contributed by atoms with Gasteiger partial charge in [0.05, 0.1) is 26.2 Å². The highest BCUT2D eigenvalue weighted by molar-refractivity contribution is 5.79. The Bertz CT molecular complexity index is 289. The molecule has 0 aromatic rings. The van der Waals surface area contributed by atoms with Gasteiger partial charge in [-0.15, -0.1) is 0 Å². The monoisotopic (exact) mass is 273 g/mol. The van der Waals surface area contributed by atoms with Crippen LogP contribution in [0.5, 0.6) is 0 Å². The fourth-order valence-corrected chi connectivity index (χ4v) is 2.17. The van der Waals surface area contributed by atoms with E-state index in [4.69, 9.17) is 9.47 Å². The van der Waals surface area contributed by atoms with Gasteiger partial charge in [0.1, 0.15) is 13.1 Å². The smallest absolute Gasteiger partial charge is 0.365 e. The summed E-state index contributed by atoms with van der Waals surface area (Å²) < 4.78 is 10.4. The van der Waals surface area contributed by atoms with Crippen molar-refractivity contribution in [3.8, 4) is 0 Å². The highest BCUT2D eigenvalue weighted by Gasteiger charge is 2.32. The van der Waals surface area contributed by atoms with Crippen LogP contribution in [0.1, 0.15) is 32.6 Å². The number of morpholine rings is 1. The molecule has 0 aromatic carbocycles. The van der Waals surface area contributed by atoms with E-state index in [9.17, 15) is 14.7 Å². The molecule has 1 heterocycles. The molecule has 6 heteroatoms. The summed E-state index contributed by atoms with van der Waals surface area (Å²) in [5, 5.41) is 10.8. The van der Waals surface area contributed by atoms with Crippen molar-refractivity contribution in [2.75, 3.05) is 32.9 Å². The number of esters is 1. The van der Waals surface area contributed by atoms with Gasteiger partial charge in [-0.1, -0.05) is 19.8 Å². The molecule has 0 unspecified atom stereocenters. The molecule has 1 rings (SSSR count). The Balaban J connectivity index is 2.46. The zero-order valence-corrected chi connectivity index (χ0v) is 11.5. The van der Waals surface area contributed by atoms with Gasteiger partial charge in [0, 0.05) is 5.97 Å². The Morgan fingerprint density at radius 1 is 1.32 bits per heavy atom. The second-order valence-electron chi connectivity index (χ2n) is 4.77. The van der Waals surface area contributed by atoms with Gasteiger partial charge in [-0.3, -0.25) is 0 Å². The molecule has 0 spiro atoms. The molecule has 1 saturated heterocycles. The van der Waals surface area contributed by atoms with Crippen molar-refractivity contribution >= 4 is 11.9 Å². The van der Waals surface area contributed by atoms with Crippen LogP contribution in [0.3, 0.4) is 0 Å². The molecule has 1 atom stereocenters. The highest BCUT2D eigenvalue weighted by atomic mass is 16.5. The number of aliphatic carboxylic acids is 1. The highest BCUT2D eigenvalue weighted by Crippen LogP contribution is 1.98. The third-order valence-electron chi connectivity index (χ3n) is 3.28. The van der Waals surface area contributed by atoms with Crippen LogP contribution in [0.2, 0.25) is 0 Å². The van der Waals surface area contributed by atoms with Gasteiger partial charge in [0.25, 0.3) is 0 Å². The lowest BCUT2D eigenvalue weighted by Gasteiger charge is -2.30.